The lowest BCUT2D eigenvalue weighted by Gasteiger charge is -2.13. The molecule has 10 nitrogen and oxygen atoms in total. The van der Waals surface area contributed by atoms with E-state index in [0.29, 0.717) is 5.69 Å². The Hall–Kier alpha value is -2.49. The molecule has 2 rings (SSSR count). The summed E-state index contributed by atoms with van der Waals surface area (Å²) in [6.45, 7) is 0.444. The Kier molecular flexibility index (Phi) is 4.48. The van der Waals surface area contributed by atoms with Crippen LogP contribution in [0.4, 0.5) is 4.79 Å². The van der Waals surface area contributed by atoms with Crippen LogP contribution in [0.3, 0.4) is 0 Å². The van der Waals surface area contributed by atoms with Gasteiger partial charge >= 0.3 is 12.0 Å². The quantitative estimate of drug-likeness (QED) is 0.516. The molecule has 10 heteroatoms. The number of rotatable bonds is 6. The maximum atomic E-state index is 11.6. The average molecular weight is 297 g/mol. The molecule has 1 N–H and O–H groups in total. The molecule has 114 valence electrons. The van der Waals surface area contributed by atoms with Crippen LogP contribution in [-0.4, -0.2) is 65.1 Å². The maximum absolute atomic E-state index is 11.6. The van der Waals surface area contributed by atoms with Crippen molar-refractivity contribution in [1.82, 2.24) is 25.2 Å². The summed E-state index contributed by atoms with van der Waals surface area (Å²) in [5.41, 5.74) is 0.480. The molecule has 1 fully saturated rings. The summed E-state index contributed by atoms with van der Waals surface area (Å²) >= 11 is 0. The Morgan fingerprint density at radius 2 is 2.10 bits per heavy atom. The van der Waals surface area contributed by atoms with Gasteiger partial charge < -0.3 is 14.8 Å². The highest BCUT2D eigenvalue weighted by Gasteiger charge is 2.28. The summed E-state index contributed by atoms with van der Waals surface area (Å²) in [6.07, 6.45) is 0. The Balaban J connectivity index is 2.12. The van der Waals surface area contributed by atoms with Crippen molar-refractivity contribution < 1.29 is 23.9 Å². The molecule has 0 saturated carbocycles. The molecular formula is C11H15N5O5. The van der Waals surface area contributed by atoms with E-state index in [1.807, 2.05) is 0 Å². The number of amides is 3. The Labute approximate surface area is 120 Å². The Bertz CT molecular complexity index is 553. The topological polar surface area (TPSA) is 116 Å². The molecule has 1 saturated heterocycles. The highest BCUT2D eigenvalue weighted by molar-refractivity contribution is 6.01. The normalized spacial score (nSPS) is 14.5. The predicted molar refractivity (Wildman–Crippen MR) is 67.2 cm³/mol. The molecule has 0 aliphatic carbocycles. The van der Waals surface area contributed by atoms with Gasteiger partial charge in [-0.25, -0.2) is 14.3 Å². The van der Waals surface area contributed by atoms with E-state index in [1.54, 1.807) is 0 Å². The first kappa shape index (κ1) is 14.9. The molecule has 1 aliphatic rings. The van der Waals surface area contributed by atoms with Crippen LogP contribution in [0.2, 0.25) is 0 Å². The minimum Gasteiger partial charge on any atom is -0.464 e. The zero-order valence-corrected chi connectivity index (χ0v) is 11.7. The molecule has 1 aromatic heterocycles. The summed E-state index contributed by atoms with van der Waals surface area (Å²) in [7, 11) is 2.71. The summed E-state index contributed by atoms with van der Waals surface area (Å²) in [6, 6.07) is -0.443. The highest BCUT2D eigenvalue weighted by atomic mass is 16.5. The van der Waals surface area contributed by atoms with E-state index in [1.165, 1.54) is 18.9 Å². The number of nitrogens with one attached hydrogen (secondary N) is 1. The molecular weight excluding hydrogens is 282 g/mol. The molecule has 0 bridgehead atoms. The number of methoxy groups -OCH3 is 2. The second kappa shape index (κ2) is 6.31. The van der Waals surface area contributed by atoms with Crippen LogP contribution < -0.4 is 5.32 Å². The van der Waals surface area contributed by atoms with Gasteiger partial charge in [-0.05, 0) is 0 Å². The van der Waals surface area contributed by atoms with Gasteiger partial charge in [-0.2, -0.15) is 0 Å². The average Bonchev–Trinajstić information content (AvgIpc) is 3.01. The van der Waals surface area contributed by atoms with Crippen molar-refractivity contribution in [1.29, 1.82) is 0 Å². The van der Waals surface area contributed by atoms with E-state index >= 15 is 0 Å². The van der Waals surface area contributed by atoms with E-state index < -0.39 is 12.0 Å². The number of urea groups is 1. The van der Waals surface area contributed by atoms with E-state index in [9.17, 15) is 14.4 Å². The maximum Gasteiger partial charge on any atom is 0.360 e. The van der Waals surface area contributed by atoms with Gasteiger partial charge in [0.2, 0.25) is 5.91 Å². The first-order valence-corrected chi connectivity index (χ1v) is 6.16. The number of esters is 1. The fourth-order valence-electron chi connectivity index (χ4n) is 1.92. The van der Waals surface area contributed by atoms with E-state index in [0.717, 1.165) is 4.90 Å². The molecule has 1 aliphatic heterocycles. The predicted octanol–water partition coefficient (Wildman–Crippen LogP) is -1.24. The number of carbonyl (C=O) groups is 3. The second-order valence-electron chi connectivity index (χ2n) is 4.24. The molecule has 21 heavy (non-hydrogen) atoms. The molecule has 0 spiro atoms. The minimum atomic E-state index is -0.622. The van der Waals surface area contributed by atoms with Gasteiger partial charge in [0.05, 0.1) is 39.0 Å². The van der Waals surface area contributed by atoms with Crippen LogP contribution in [0.25, 0.3) is 0 Å². The van der Waals surface area contributed by atoms with Gasteiger partial charge in [0.25, 0.3) is 0 Å². The summed E-state index contributed by atoms with van der Waals surface area (Å²) in [5, 5.41) is 10.00. The number of imide groups is 1. The smallest absolute Gasteiger partial charge is 0.360 e. The molecule has 2 heterocycles. The summed E-state index contributed by atoms with van der Waals surface area (Å²) in [5.74, 6) is -0.926. The lowest BCUT2D eigenvalue weighted by Crippen LogP contribution is -2.34. The lowest BCUT2D eigenvalue weighted by atomic mass is 10.3. The van der Waals surface area contributed by atoms with Crippen LogP contribution in [0.1, 0.15) is 16.2 Å². The van der Waals surface area contributed by atoms with Crippen LogP contribution in [0.5, 0.6) is 0 Å². The number of hydrogen-bond acceptors (Lipinski definition) is 7. The number of nitrogens with zero attached hydrogens (tertiary/aromatic N) is 4. The third kappa shape index (κ3) is 2.99. The van der Waals surface area contributed by atoms with Crippen molar-refractivity contribution >= 4 is 17.9 Å². The van der Waals surface area contributed by atoms with Crippen molar-refractivity contribution in [3.8, 4) is 0 Å². The molecule has 0 unspecified atom stereocenters. The van der Waals surface area contributed by atoms with Crippen LogP contribution in [0.15, 0.2) is 0 Å². The Morgan fingerprint density at radius 1 is 1.33 bits per heavy atom. The molecule has 1 aromatic rings. The SMILES string of the molecule is COCc1c(C(=O)OC)nnn1CCN1C(=O)CNC1=O. The number of hydrogen-bond donors (Lipinski definition) is 1. The number of carbonyl (C=O) groups excluding carboxylic acids is 3. The lowest BCUT2D eigenvalue weighted by molar-refractivity contribution is -0.125. The zero-order valence-electron chi connectivity index (χ0n) is 11.7. The summed E-state index contributed by atoms with van der Waals surface area (Å²) in [4.78, 5) is 35.5. The molecule has 3 amide bonds. The first-order chi connectivity index (χ1) is 10.1. The van der Waals surface area contributed by atoms with Gasteiger partial charge in [-0.3, -0.25) is 9.69 Å². The first-order valence-electron chi connectivity index (χ1n) is 6.16. The largest absolute Gasteiger partial charge is 0.464 e. The molecule has 0 aromatic carbocycles. The monoisotopic (exact) mass is 297 g/mol. The van der Waals surface area contributed by atoms with Crippen LogP contribution >= 0.6 is 0 Å². The van der Waals surface area contributed by atoms with E-state index in [4.69, 9.17) is 4.74 Å². The molecule has 0 atom stereocenters. The van der Waals surface area contributed by atoms with Crippen molar-refractivity contribution in [3.05, 3.63) is 11.4 Å². The summed E-state index contributed by atoms with van der Waals surface area (Å²) < 4.78 is 11.0. The van der Waals surface area contributed by atoms with Gasteiger partial charge in [0.1, 0.15) is 0 Å². The number of ether oxygens (including phenoxy) is 2. The van der Waals surface area contributed by atoms with Crippen LogP contribution in [0, 0.1) is 0 Å². The number of aromatic nitrogens is 3. The van der Waals surface area contributed by atoms with E-state index in [-0.39, 0.29) is 37.8 Å². The van der Waals surface area contributed by atoms with Gasteiger partial charge in [-0.1, -0.05) is 5.21 Å². The Morgan fingerprint density at radius 3 is 2.67 bits per heavy atom. The molecule has 0 radical (unpaired) electrons. The van der Waals surface area contributed by atoms with Crippen molar-refractivity contribution in [2.24, 2.45) is 0 Å². The van der Waals surface area contributed by atoms with Gasteiger partial charge in [-0.15, -0.1) is 5.10 Å². The van der Waals surface area contributed by atoms with Crippen molar-refractivity contribution in [2.45, 2.75) is 13.2 Å². The second-order valence-corrected chi connectivity index (χ2v) is 4.24. The van der Waals surface area contributed by atoms with Crippen LogP contribution in [-0.2, 0) is 27.4 Å². The van der Waals surface area contributed by atoms with Gasteiger partial charge in [0, 0.05) is 7.11 Å². The zero-order chi connectivity index (χ0) is 15.4. The fourth-order valence-corrected chi connectivity index (χ4v) is 1.92. The van der Waals surface area contributed by atoms with Crippen molar-refractivity contribution in [3.63, 3.8) is 0 Å². The third-order valence-electron chi connectivity index (χ3n) is 2.97. The van der Waals surface area contributed by atoms with Crippen molar-refractivity contribution in [2.75, 3.05) is 27.3 Å². The minimum absolute atomic E-state index is 0.00543. The van der Waals surface area contributed by atoms with Gasteiger partial charge in [0.15, 0.2) is 5.69 Å². The standard InChI is InChI=1S/C11H15N5O5/c1-20-6-7-9(10(18)21-2)13-14-16(7)4-3-15-8(17)5-12-11(15)19/h3-6H2,1-2H3,(H,12,19). The highest BCUT2D eigenvalue weighted by Crippen LogP contribution is 2.09. The fraction of sp³-hybridized carbons (Fsp3) is 0.545. The van der Waals surface area contributed by atoms with E-state index in [2.05, 4.69) is 20.4 Å². The third-order valence-corrected chi connectivity index (χ3v) is 2.97.